The first-order chi connectivity index (χ1) is 8.06. The Kier molecular flexibility index (Phi) is 5.25. The molecule has 1 heterocycles. The number of carbonyl (C=O) groups excluding carboxylic acids is 2. The van der Waals surface area contributed by atoms with E-state index in [1.807, 2.05) is 13.8 Å². The van der Waals surface area contributed by atoms with Crippen molar-refractivity contribution in [2.75, 3.05) is 20.1 Å². The lowest BCUT2D eigenvalue weighted by molar-refractivity contribution is -0.123. The van der Waals surface area contributed by atoms with E-state index in [-0.39, 0.29) is 17.9 Å². The number of rotatable bonds is 3. The van der Waals surface area contributed by atoms with Crippen molar-refractivity contribution in [3.8, 4) is 0 Å². The van der Waals surface area contributed by atoms with Crippen LogP contribution in [0.15, 0.2) is 0 Å². The van der Waals surface area contributed by atoms with E-state index >= 15 is 0 Å². The van der Waals surface area contributed by atoms with Gasteiger partial charge in [0.15, 0.2) is 0 Å². The highest BCUT2D eigenvalue weighted by Gasteiger charge is 2.26. The van der Waals surface area contributed by atoms with E-state index in [2.05, 4.69) is 10.6 Å². The molecule has 0 spiro atoms. The lowest BCUT2D eigenvalue weighted by atomic mass is 10.0. The molecule has 0 aromatic rings. The predicted molar refractivity (Wildman–Crippen MR) is 66.6 cm³/mol. The Labute approximate surface area is 103 Å². The van der Waals surface area contributed by atoms with E-state index in [0.29, 0.717) is 0 Å². The highest BCUT2D eigenvalue weighted by atomic mass is 16.2. The Morgan fingerprint density at radius 3 is 2.18 bits per heavy atom. The van der Waals surface area contributed by atoms with Crippen LogP contribution in [0.5, 0.6) is 0 Å². The normalized spacial score (nSPS) is 17.8. The van der Waals surface area contributed by atoms with E-state index in [0.717, 1.165) is 25.9 Å². The van der Waals surface area contributed by atoms with Gasteiger partial charge in [-0.1, -0.05) is 13.8 Å². The SMILES string of the molecule is CNC(=O)[C@@H](NC(=O)N1CCCCC1)C(C)C. The van der Waals surface area contributed by atoms with Gasteiger partial charge in [-0.3, -0.25) is 4.79 Å². The molecule has 2 N–H and O–H groups in total. The molecule has 1 aliphatic heterocycles. The first-order valence-corrected chi connectivity index (χ1v) is 6.33. The van der Waals surface area contributed by atoms with Gasteiger partial charge in [-0.25, -0.2) is 4.79 Å². The number of likely N-dealkylation sites (tertiary alicyclic amines) is 1. The number of likely N-dealkylation sites (N-methyl/N-ethyl adjacent to an activating group) is 1. The van der Waals surface area contributed by atoms with Crippen molar-refractivity contribution in [2.24, 2.45) is 5.92 Å². The molecule has 1 atom stereocenters. The molecular weight excluding hydrogens is 218 g/mol. The van der Waals surface area contributed by atoms with E-state index in [4.69, 9.17) is 0 Å². The van der Waals surface area contributed by atoms with Gasteiger partial charge in [-0.2, -0.15) is 0 Å². The zero-order valence-electron chi connectivity index (χ0n) is 11.0. The lowest BCUT2D eigenvalue weighted by Gasteiger charge is -2.29. The van der Waals surface area contributed by atoms with Crippen LogP contribution in [0.2, 0.25) is 0 Å². The van der Waals surface area contributed by atoms with E-state index < -0.39 is 6.04 Å². The van der Waals surface area contributed by atoms with E-state index in [9.17, 15) is 9.59 Å². The number of nitrogens with one attached hydrogen (secondary N) is 2. The van der Waals surface area contributed by atoms with Gasteiger partial charge < -0.3 is 15.5 Å². The fourth-order valence-electron chi connectivity index (χ4n) is 2.01. The van der Waals surface area contributed by atoms with Crippen molar-refractivity contribution >= 4 is 11.9 Å². The second-order valence-electron chi connectivity index (χ2n) is 4.83. The maximum Gasteiger partial charge on any atom is 0.318 e. The maximum atomic E-state index is 12.0. The molecular formula is C12H23N3O2. The van der Waals surface area contributed by atoms with Crippen molar-refractivity contribution < 1.29 is 9.59 Å². The third-order valence-corrected chi connectivity index (χ3v) is 3.12. The van der Waals surface area contributed by atoms with Gasteiger partial charge >= 0.3 is 6.03 Å². The summed E-state index contributed by atoms with van der Waals surface area (Å²) >= 11 is 0. The summed E-state index contributed by atoms with van der Waals surface area (Å²) in [7, 11) is 1.59. The topological polar surface area (TPSA) is 61.4 Å². The van der Waals surface area contributed by atoms with Gasteiger partial charge in [-0.05, 0) is 25.2 Å². The van der Waals surface area contributed by atoms with Crippen LogP contribution in [-0.2, 0) is 4.79 Å². The summed E-state index contributed by atoms with van der Waals surface area (Å²) in [6, 6.07) is -0.568. The summed E-state index contributed by atoms with van der Waals surface area (Å²) < 4.78 is 0. The number of hydrogen-bond donors (Lipinski definition) is 2. The number of piperidine rings is 1. The quantitative estimate of drug-likeness (QED) is 0.773. The molecule has 1 rings (SSSR count). The summed E-state index contributed by atoms with van der Waals surface area (Å²) in [5.41, 5.74) is 0. The van der Waals surface area contributed by atoms with Crippen molar-refractivity contribution in [3.05, 3.63) is 0 Å². The third kappa shape index (κ3) is 3.91. The zero-order valence-corrected chi connectivity index (χ0v) is 11.0. The maximum absolute atomic E-state index is 12.0. The monoisotopic (exact) mass is 241 g/mol. The molecule has 3 amide bonds. The Hall–Kier alpha value is -1.26. The average Bonchev–Trinajstić information content (AvgIpc) is 2.35. The highest BCUT2D eigenvalue weighted by molar-refractivity contribution is 5.87. The Bertz CT molecular complexity index is 273. The van der Waals surface area contributed by atoms with Crippen molar-refractivity contribution in [3.63, 3.8) is 0 Å². The largest absolute Gasteiger partial charge is 0.357 e. The standard InChI is InChI=1S/C12H23N3O2/c1-9(2)10(11(16)13-3)14-12(17)15-7-5-4-6-8-15/h9-10H,4-8H2,1-3H3,(H,13,16)(H,14,17)/t10-/m0/s1. The minimum atomic E-state index is -0.450. The minimum absolute atomic E-state index is 0.0868. The smallest absolute Gasteiger partial charge is 0.318 e. The Morgan fingerprint density at radius 1 is 1.12 bits per heavy atom. The first-order valence-electron chi connectivity index (χ1n) is 6.33. The molecule has 5 nitrogen and oxygen atoms in total. The second-order valence-corrected chi connectivity index (χ2v) is 4.83. The Morgan fingerprint density at radius 2 is 1.71 bits per heavy atom. The van der Waals surface area contributed by atoms with Crippen LogP contribution in [0.3, 0.4) is 0 Å². The van der Waals surface area contributed by atoms with E-state index in [1.165, 1.54) is 6.42 Å². The number of nitrogens with zero attached hydrogens (tertiary/aromatic N) is 1. The molecule has 0 bridgehead atoms. The van der Waals surface area contributed by atoms with Crippen LogP contribution in [0, 0.1) is 5.92 Å². The molecule has 0 aromatic carbocycles. The van der Waals surface area contributed by atoms with E-state index in [1.54, 1.807) is 11.9 Å². The first kappa shape index (κ1) is 13.8. The molecule has 5 heteroatoms. The van der Waals surface area contributed by atoms with Gasteiger partial charge in [0.2, 0.25) is 5.91 Å². The summed E-state index contributed by atoms with van der Waals surface area (Å²) in [5, 5.41) is 5.39. The van der Waals surface area contributed by atoms with Gasteiger partial charge in [-0.15, -0.1) is 0 Å². The van der Waals surface area contributed by atoms with Crippen LogP contribution in [-0.4, -0.2) is 43.0 Å². The fourth-order valence-corrected chi connectivity index (χ4v) is 2.01. The minimum Gasteiger partial charge on any atom is -0.357 e. The zero-order chi connectivity index (χ0) is 12.8. The van der Waals surface area contributed by atoms with Gasteiger partial charge in [0.05, 0.1) is 0 Å². The van der Waals surface area contributed by atoms with Crippen LogP contribution < -0.4 is 10.6 Å². The van der Waals surface area contributed by atoms with Crippen LogP contribution >= 0.6 is 0 Å². The average molecular weight is 241 g/mol. The third-order valence-electron chi connectivity index (χ3n) is 3.12. The summed E-state index contributed by atoms with van der Waals surface area (Å²) in [6.45, 7) is 5.45. The van der Waals surface area contributed by atoms with Crippen LogP contribution in [0.4, 0.5) is 4.79 Å². The molecule has 0 unspecified atom stereocenters. The summed E-state index contributed by atoms with van der Waals surface area (Å²) in [5.74, 6) is -0.0472. The number of urea groups is 1. The number of amides is 3. The van der Waals surface area contributed by atoms with Gasteiger partial charge in [0.25, 0.3) is 0 Å². The fraction of sp³-hybridized carbons (Fsp3) is 0.833. The molecule has 0 aromatic heterocycles. The molecule has 0 radical (unpaired) electrons. The van der Waals surface area contributed by atoms with Crippen LogP contribution in [0.25, 0.3) is 0 Å². The van der Waals surface area contributed by atoms with Crippen molar-refractivity contribution in [1.82, 2.24) is 15.5 Å². The molecule has 0 saturated carbocycles. The molecule has 1 saturated heterocycles. The lowest BCUT2D eigenvalue weighted by Crippen LogP contribution is -2.53. The highest BCUT2D eigenvalue weighted by Crippen LogP contribution is 2.10. The van der Waals surface area contributed by atoms with Gasteiger partial charge in [0.1, 0.15) is 6.04 Å². The molecule has 0 aliphatic carbocycles. The molecule has 1 fully saturated rings. The predicted octanol–water partition coefficient (Wildman–Crippen LogP) is 0.952. The molecule has 17 heavy (non-hydrogen) atoms. The molecule has 1 aliphatic rings. The van der Waals surface area contributed by atoms with Gasteiger partial charge in [0, 0.05) is 20.1 Å². The number of hydrogen-bond acceptors (Lipinski definition) is 2. The molecule has 98 valence electrons. The van der Waals surface area contributed by atoms with Crippen molar-refractivity contribution in [2.45, 2.75) is 39.2 Å². The second kappa shape index (κ2) is 6.47. The number of carbonyl (C=O) groups is 2. The Balaban J connectivity index is 2.54. The van der Waals surface area contributed by atoms with Crippen LogP contribution in [0.1, 0.15) is 33.1 Å². The summed E-state index contributed by atoms with van der Waals surface area (Å²) in [6.07, 6.45) is 3.30. The van der Waals surface area contributed by atoms with Crippen molar-refractivity contribution in [1.29, 1.82) is 0 Å². The summed E-state index contributed by atoms with van der Waals surface area (Å²) in [4.78, 5) is 25.4.